The van der Waals surface area contributed by atoms with Gasteiger partial charge in [-0.2, -0.15) is 0 Å². The van der Waals surface area contributed by atoms with Crippen molar-refractivity contribution in [1.29, 1.82) is 0 Å². The van der Waals surface area contributed by atoms with E-state index in [2.05, 4.69) is 37.3 Å². The standard InChI is InChI=1S/C31H38N2O2S/c1-2-3-11-25-17-19-27(20-18-25)31(35)33(28-14-8-5-9-15-28)24-30(34)32(23-29-16-10-21-36-29)22-26-12-6-4-7-13-26/h4,6-7,10,12-13,16-21,28H,2-3,5,8-9,11,14-15,22-24H2,1H3. The Morgan fingerprint density at radius 3 is 2.28 bits per heavy atom. The number of carbonyl (C=O) groups is 2. The van der Waals surface area contributed by atoms with Crippen LogP contribution in [0.4, 0.5) is 0 Å². The van der Waals surface area contributed by atoms with E-state index in [1.807, 2.05) is 51.6 Å². The van der Waals surface area contributed by atoms with E-state index in [9.17, 15) is 9.59 Å². The molecule has 2 aromatic carbocycles. The quantitative estimate of drug-likeness (QED) is 0.281. The SMILES string of the molecule is CCCCc1ccc(C(=O)N(CC(=O)N(Cc2ccccc2)Cc2cccs2)C2CCCCC2)cc1. The lowest BCUT2D eigenvalue weighted by atomic mass is 9.93. The molecule has 1 heterocycles. The number of benzene rings is 2. The largest absolute Gasteiger partial charge is 0.332 e. The molecule has 36 heavy (non-hydrogen) atoms. The van der Waals surface area contributed by atoms with E-state index >= 15 is 0 Å². The Bertz CT molecular complexity index is 1070. The normalized spacial score (nSPS) is 13.9. The molecule has 0 aliphatic heterocycles. The summed E-state index contributed by atoms with van der Waals surface area (Å²) in [7, 11) is 0. The molecule has 0 bridgehead atoms. The van der Waals surface area contributed by atoms with Crippen molar-refractivity contribution in [2.24, 2.45) is 0 Å². The van der Waals surface area contributed by atoms with Gasteiger partial charge >= 0.3 is 0 Å². The molecule has 1 aliphatic rings. The molecule has 1 saturated carbocycles. The number of thiophene rings is 1. The first kappa shape index (κ1) is 26.2. The minimum absolute atomic E-state index is 0.00532. The molecule has 0 atom stereocenters. The first-order chi connectivity index (χ1) is 17.6. The molecule has 0 saturated heterocycles. The molecule has 0 radical (unpaired) electrons. The van der Waals surface area contributed by atoms with Gasteiger partial charge in [-0.1, -0.05) is 81.1 Å². The third kappa shape index (κ3) is 7.30. The van der Waals surface area contributed by atoms with Crippen molar-refractivity contribution in [1.82, 2.24) is 9.80 Å². The third-order valence-electron chi connectivity index (χ3n) is 7.10. The van der Waals surface area contributed by atoms with Crippen LogP contribution in [0.5, 0.6) is 0 Å². The molecule has 4 rings (SSSR count). The average Bonchev–Trinajstić information content (AvgIpc) is 3.44. The van der Waals surface area contributed by atoms with Gasteiger partial charge in [0, 0.05) is 23.0 Å². The van der Waals surface area contributed by atoms with Gasteiger partial charge in [-0.25, -0.2) is 0 Å². The molecule has 4 nitrogen and oxygen atoms in total. The second kappa shape index (κ2) is 13.4. The van der Waals surface area contributed by atoms with Gasteiger partial charge in [-0.05, 0) is 60.4 Å². The summed E-state index contributed by atoms with van der Waals surface area (Å²) in [6, 6.07) is 22.4. The lowest BCUT2D eigenvalue weighted by Crippen LogP contribution is -2.48. The summed E-state index contributed by atoms with van der Waals surface area (Å²) in [5.41, 5.74) is 3.04. The van der Waals surface area contributed by atoms with Gasteiger partial charge in [0.2, 0.25) is 5.91 Å². The highest BCUT2D eigenvalue weighted by molar-refractivity contribution is 7.09. The summed E-state index contributed by atoms with van der Waals surface area (Å²) in [6.07, 6.45) is 8.71. The third-order valence-corrected chi connectivity index (χ3v) is 7.96. The fourth-order valence-corrected chi connectivity index (χ4v) is 5.71. The van der Waals surface area contributed by atoms with E-state index < -0.39 is 0 Å². The molecule has 1 fully saturated rings. The molecular weight excluding hydrogens is 464 g/mol. The van der Waals surface area contributed by atoms with Crippen LogP contribution in [0.15, 0.2) is 72.1 Å². The van der Waals surface area contributed by atoms with Crippen LogP contribution in [0.25, 0.3) is 0 Å². The van der Waals surface area contributed by atoms with E-state index in [-0.39, 0.29) is 24.4 Å². The first-order valence-electron chi connectivity index (χ1n) is 13.4. The van der Waals surface area contributed by atoms with Crippen LogP contribution in [0, 0.1) is 0 Å². The summed E-state index contributed by atoms with van der Waals surface area (Å²) in [6.45, 7) is 3.41. The monoisotopic (exact) mass is 502 g/mol. The number of amides is 2. The second-order valence-electron chi connectivity index (χ2n) is 9.84. The van der Waals surface area contributed by atoms with Crippen molar-refractivity contribution in [3.05, 3.63) is 93.7 Å². The van der Waals surface area contributed by atoms with Gasteiger partial charge in [0.25, 0.3) is 5.91 Å². The zero-order chi connectivity index (χ0) is 25.2. The first-order valence-corrected chi connectivity index (χ1v) is 14.3. The van der Waals surface area contributed by atoms with Crippen LogP contribution in [0.3, 0.4) is 0 Å². The predicted octanol–water partition coefficient (Wildman–Crippen LogP) is 7.09. The topological polar surface area (TPSA) is 40.6 Å². The van der Waals surface area contributed by atoms with E-state index in [0.29, 0.717) is 18.7 Å². The Morgan fingerprint density at radius 1 is 0.861 bits per heavy atom. The molecular formula is C31H38N2O2S. The smallest absolute Gasteiger partial charge is 0.254 e. The molecule has 0 N–H and O–H groups in total. The van der Waals surface area contributed by atoms with E-state index in [1.165, 1.54) is 12.0 Å². The average molecular weight is 503 g/mol. The Balaban J connectivity index is 1.53. The van der Waals surface area contributed by atoms with Gasteiger partial charge < -0.3 is 9.80 Å². The number of hydrogen-bond acceptors (Lipinski definition) is 3. The molecule has 1 aromatic heterocycles. The molecule has 0 spiro atoms. The van der Waals surface area contributed by atoms with Crippen molar-refractivity contribution in [3.8, 4) is 0 Å². The van der Waals surface area contributed by atoms with Crippen LogP contribution in [-0.4, -0.2) is 34.2 Å². The van der Waals surface area contributed by atoms with Gasteiger partial charge in [0.15, 0.2) is 0 Å². The van der Waals surface area contributed by atoms with Crippen molar-refractivity contribution >= 4 is 23.2 Å². The maximum absolute atomic E-state index is 13.8. The van der Waals surface area contributed by atoms with Crippen LogP contribution in [0.1, 0.15) is 78.2 Å². The maximum atomic E-state index is 13.8. The fourth-order valence-electron chi connectivity index (χ4n) is 4.99. The number of nitrogens with zero attached hydrogens (tertiary/aromatic N) is 2. The predicted molar refractivity (Wildman–Crippen MR) is 148 cm³/mol. The Morgan fingerprint density at radius 2 is 1.61 bits per heavy atom. The zero-order valence-corrected chi connectivity index (χ0v) is 22.2. The number of aryl methyl sites for hydroxylation is 1. The molecule has 1 aliphatic carbocycles. The van der Waals surface area contributed by atoms with E-state index in [0.717, 1.165) is 55.4 Å². The van der Waals surface area contributed by atoms with Gasteiger partial charge in [-0.15, -0.1) is 11.3 Å². The number of carbonyl (C=O) groups excluding carboxylic acids is 2. The molecule has 5 heteroatoms. The zero-order valence-electron chi connectivity index (χ0n) is 21.4. The van der Waals surface area contributed by atoms with Crippen LogP contribution in [-0.2, 0) is 24.3 Å². The summed E-state index contributed by atoms with van der Waals surface area (Å²) >= 11 is 1.66. The fraction of sp³-hybridized carbons (Fsp3) is 0.419. The molecule has 190 valence electrons. The minimum Gasteiger partial charge on any atom is -0.332 e. The molecule has 3 aromatic rings. The minimum atomic E-state index is -0.0203. The summed E-state index contributed by atoms with van der Waals surface area (Å²) in [4.78, 5) is 32.5. The van der Waals surface area contributed by atoms with Gasteiger partial charge in [-0.3, -0.25) is 9.59 Å². The highest BCUT2D eigenvalue weighted by Crippen LogP contribution is 2.25. The lowest BCUT2D eigenvalue weighted by molar-refractivity contribution is -0.133. The van der Waals surface area contributed by atoms with Gasteiger partial charge in [0.1, 0.15) is 6.54 Å². The second-order valence-corrected chi connectivity index (χ2v) is 10.9. The molecule has 0 unspecified atom stereocenters. The number of rotatable bonds is 11. The number of unbranched alkanes of at least 4 members (excludes halogenated alkanes) is 1. The highest BCUT2D eigenvalue weighted by atomic mass is 32.1. The van der Waals surface area contributed by atoms with Crippen LogP contribution < -0.4 is 0 Å². The van der Waals surface area contributed by atoms with Crippen molar-refractivity contribution < 1.29 is 9.59 Å². The summed E-state index contributed by atoms with van der Waals surface area (Å²) in [5.74, 6) is -0.0150. The van der Waals surface area contributed by atoms with E-state index in [4.69, 9.17) is 0 Å². The Kier molecular flexibility index (Phi) is 9.74. The van der Waals surface area contributed by atoms with Crippen molar-refractivity contribution in [2.45, 2.75) is 77.4 Å². The summed E-state index contributed by atoms with van der Waals surface area (Å²) in [5, 5.41) is 2.04. The van der Waals surface area contributed by atoms with Crippen molar-refractivity contribution in [3.63, 3.8) is 0 Å². The Labute approximate surface area is 219 Å². The van der Waals surface area contributed by atoms with Crippen LogP contribution in [0.2, 0.25) is 0 Å². The molecule has 2 amide bonds. The highest BCUT2D eigenvalue weighted by Gasteiger charge is 2.30. The van der Waals surface area contributed by atoms with Gasteiger partial charge in [0.05, 0.1) is 6.54 Å². The van der Waals surface area contributed by atoms with Crippen LogP contribution >= 0.6 is 11.3 Å². The lowest BCUT2D eigenvalue weighted by Gasteiger charge is -2.35. The number of hydrogen-bond donors (Lipinski definition) is 0. The van der Waals surface area contributed by atoms with E-state index in [1.54, 1.807) is 11.3 Å². The maximum Gasteiger partial charge on any atom is 0.254 e. The summed E-state index contributed by atoms with van der Waals surface area (Å²) < 4.78 is 0. The van der Waals surface area contributed by atoms with Crippen molar-refractivity contribution in [2.75, 3.05) is 6.54 Å². The Hall–Kier alpha value is -2.92.